The van der Waals surface area contributed by atoms with Crippen LogP contribution in [0.25, 0.3) is 0 Å². The molecular formula is C16H22F3NO2S. The molecule has 0 saturated carbocycles. The molecule has 3 nitrogen and oxygen atoms in total. The van der Waals surface area contributed by atoms with Gasteiger partial charge in [0, 0.05) is 18.4 Å². The van der Waals surface area contributed by atoms with Crippen LogP contribution in [0.5, 0.6) is 5.75 Å². The molecule has 0 bridgehead atoms. The first-order valence-corrected chi connectivity index (χ1v) is 8.06. The van der Waals surface area contributed by atoms with Crippen LogP contribution < -0.4 is 4.74 Å². The van der Waals surface area contributed by atoms with Crippen LogP contribution in [0.4, 0.5) is 13.2 Å². The average molecular weight is 349 g/mol. The minimum Gasteiger partial charge on any atom is -0.597 e. The lowest BCUT2D eigenvalue weighted by molar-refractivity contribution is -0.137. The van der Waals surface area contributed by atoms with E-state index < -0.39 is 33.9 Å². The van der Waals surface area contributed by atoms with E-state index in [2.05, 4.69) is 6.58 Å². The molecule has 1 rings (SSSR count). The summed E-state index contributed by atoms with van der Waals surface area (Å²) in [5.41, 5.74) is -0.486. The Kier molecular flexibility index (Phi) is 6.18. The van der Waals surface area contributed by atoms with Crippen LogP contribution >= 0.6 is 0 Å². The van der Waals surface area contributed by atoms with Crippen LogP contribution in [-0.2, 0) is 17.5 Å². The van der Waals surface area contributed by atoms with Gasteiger partial charge in [-0.2, -0.15) is 13.2 Å². The van der Waals surface area contributed by atoms with Crippen LogP contribution in [0, 0.1) is 0 Å². The molecule has 0 heterocycles. The summed E-state index contributed by atoms with van der Waals surface area (Å²) in [5.74, 6) is 0.0941. The molecule has 0 amide bonds. The molecule has 0 aliphatic rings. The number of rotatable bonds is 5. The van der Waals surface area contributed by atoms with Crippen molar-refractivity contribution in [3.8, 4) is 5.75 Å². The molecule has 0 fully saturated rings. The second-order valence-corrected chi connectivity index (χ2v) is 8.38. The van der Waals surface area contributed by atoms with Gasteiger partial charge in [-0.25, -0.2) is 0 Å². The number of methoxy groups -OCH3 is 1. The van der Waals surface area contributed by atoms with Crippen molar-refractivity contribution >= 4 is 11.4 Å². The number of alkyl halides is 3. The van der Waals surface area contributed by atoms with Crippen molar-refractivity contribution in [3.63, 3.8) is 0 Å². The van der Waals surface area contributed by atoms with Gasteiger partial charge in [-0.05, 0) is 44.5 Å². The molecule has 0 aliphatic heterocycles. The fraction of sp³-hybridized carbons (Fsp3) is 0.500. The van der Waals surface area contributed by atoms with Crippen LogP contribution in [-0.4, -0.2) is 27.8 Å². The van der Waals surface area contributed by atoms with Crippen molar-refractivity contribution in [1.82, 2.24) is 4.31 Å². The SMILES string of the molecule is C=C[C@H](c1cc(OC)cc(C(F)(F)F)c1)N(C)[S@@+]([O-])C(C)(C)C. The minimum atomic E-state index is -4.49. The Morgan fingerprint density at radius 1 is 1.26 bits per heavy atom. The zero-order chi connectivity index (χ0) is 18.0. The van der Waals surface area contributed by atoms with Crippen molar-refractivity contribution in [2.75, 3.05) is 14.2 Å². The fourth-order valence-corrected chi connectivity index (χ4v) is 3.38. The Balaban J connectivity index is 3.32. The van der Waals surface area contributed by atoms with Crippen molar-refractivity contribution in [3.05, 3.63) is 42.0 Å². The van der Waals surface area contributed by atoms with E-state index >= 15 is 0 Å². The van der Waals surface area contributed by atoms with E-state index in [4.69, 9.17) is 4.74 Å². The Labute approximate surface area is 138 Å². The van der Waals surface area contributed by atoms with E-state index in [1.54, 1.807) is 27.8 Å². The van der Waals surface area contributed by atoms with Gasteiger partial charge in [0.1, 0.15) is 10.5 Å². The van der Waals surface area contributed by atoms with Crippen LogP contribution in [0.1, 0.15) is 37.9 Å². The van der Waals surface area contributed by atoms with Crippen LogP contribution in [0.2, 0.25) is 0 Å². The zero-order valence-corrected chi connectivity index (χ0v) is 14.7. The maximum Gasteiger partial charge on any atom is 0.416 e. The fourth-order valence-electron chi connectivity index (χ4n) is 2.10. The Bertz CT molecular complexity index is 555. The third-order valence-electron chi connectivity index (χ3n) is 3.23. The molecule has 0 radical (unpaired) electrons. The van der Waals surface area contributed by atoms with E-state index in [0.717, 1.165) is 12.1 Å². The van der Waals surface area contributed by atoms with E-state index in [9.17, 15) is 17.7 Å². The summed E-state index contributed by atoms with van der Waals surface area (Å²) in [5, 5.41) is 0. The highest BCUT2D eigenvalue weighted by molar-refractivity contribution is 7.90. The van der Waals surface area contributed by atoms with Crippen molar-refractivity contribution in [2.24, 2.45) is 0 Å². The lowest BCUT2D eigenvalue weighted by Crippen LogP contribution is -2.42. The van der Waals surface area contributed by atoms with Gasteiger partial charge in [0.2, 0.25) is 0 Å². The summed E-state index contributed by atoms with van der Waals surface area (Å²) in [4.78, 5) is 0. The Morgan fingerprint density at radius 3 is 2.22 bits per heavy atom. The normalized spacial score (nSPS) is 15.4. The molecule has 0 aliphatic carbocycles. The molecule has 1 aromatic carbocycles. The lowest BCUT2D eigenvalue weighted by Gasteiger charge is -2.34. The third kappa shape index (κ3) is 4.89. The number of nitrogens with zero attached hydrogens (tertiary/aromatic N) is 1. The molecule has 0 saturated heterocycles. The van der Waals surface area contributed by atoms with E-state index in [1.807, 2.05) is 0 Å². The summed E-state index contributed by atoms with van der Waals surface area (Å²) in [6.07, 6.45) is -3.02. The van der Waals surface area contributed by atoms with Gasteiger partial charge < -0.3 is 9.29 Å². The van der Waals surface area contributed by atoms with Gasteiger partial charge in [0.25, 0.3) is 0 Å². The van der Waals surface area contributed by atoms with Crippen molar-refractivity contribution in [1.29, 1.82) is 0 Å². The molecule has 130 valence electrons. The number of benzene rings is 1. The number of halogens is 3. The quantitative estimate of drug-likeness (QED) is 0.586. The molecule has 0 N–H and O–H groups in total. The van der Waals surface area contributed by atoms with E-state index in [1.165, 1.54) is 23.6 Å². The van der Waals surface area contributed by atoms with Gasteiger partial charge in [-0.3, -0.25) is 0 Å². The lowest BCUT2D eigenvalue weighted by atomic mass is 10.0. The molecule has 0 aromatic heterocycles. The van der Waals surface area contributed by atoms with Gasteiger partial charge in [-0.15, -0.1) is 10.9 Å². The zero-order valence-electron chi connectivity index (χ0n) is 13.9. The highest BCUT2D eigenvalue weighted by Crippen LogP contribution is 2.36. The summed E-state index contributed by atoms with van der Waals surface area (Å²) in [6.45, 7) is 9.07. The largest absolute Gasteiger partial charge is 0.597 e. The van der Waals surface area contributed by atoms with Gasteiger partial charge in [-0.1, -0.05) is 6.08 Å². The predicted octanol–water partition coefficient (Wildman–Crippen LogP) is 4.34. The van der Waals surface area contributed by atoms with E-state index in [-0.39, 0.29) is 5.75 Å². The molecule has 23 heavy (non-hydrogen) atoms. The number of hydrogen-bond donors (Lipinski definition) is 0. The smallest absolute Gasteiger partial charge is 0.416 e. The Hall–Kier alpha value is -1.18. The minimum absolute atomic E-state index is 0.0941. The molecular weight excluding hydrogens is 327 g/mol. The summed E-state index contributed by atoms with van der Waals surface area (Å²) in [6, 6.07) is 2.83. The monoisotopic (exact) mass is 349 g/mol. The highest BCUT2D eigenvalue weighted by atomic mass is 32.2. The first-order chi connectivity index (χ1) is 10.4. The highest BCUT2D eigenvalue weighted by Gasteiger charge is 2.36. The number of likely N-dealkylation sites (N-methyl/N-ethyl adjacent to an activating group) is 1. The summed E-state index contributed by atoms with van der Waals surface area (Å²) >= 11 is -1.41. The second-order valence-electron chi connectivity index (χ2n) is 6.08. The molecule has 0 unspecified atom stereocenters. The van der Waals surface area contributed by atoms with Crippen molar-refractivity contribution in [2.45, 2.75) is 37.7 Å². The molecule has 0 spiro atoms. The van der Waals surface area contributed by atoms with Gasteiger partial charge in [0.15, 0.2) is 0 Å². The van der Waals surface area contributed by atoms with E-state index in [0.29, 0.717) is 5.56 Å². The maximum absolute atomic E-state index is 13.0. The molecule has 7 heteroatoms. The topological polar surface area (TPSA) is 35.5 Å². The van der Waals surface area contributed by atoms with Crippen LogP contribution in [0.15, 0.2) is 30.9 Å². The average Bonchev–Trinajstić information content (AvgIpc) is 2.44. The summed E-state index contributed by atoms with van der Waals surface area (Å²) < 4.78 is 57.6. The maximum atomic E-state index is 13.0. The third-order valence-corrected chi connectivity index (χ3v) is 5.03. The second kappa shape index (κ2) is 7.15. The van der Waals surface area contributed by atoms with Gasteiger partial charge >= 0.3 is 6.18 Å². The standard InChI is InChI=1S/C16H22F3NO2S/c1-7-14(20(5)23(21)15(2,3)4)11-8-12(16(17,18)19)10-13(9-11)22-6/h7-10,14H,1H2,2-6H3/t14-,23+/m1/s1. The number of hydrogen-bond acceptors (Lipinski definition) is 3. The van der Waals surface area contributed by atoms with Gasteiger partial charge in [0.05, 0.1) is 18.7 Å². The first kappa shape index (κ1) is 19.9. The molecule has 1 aromatic rings. The van der Waals surface area contributed by atoms with Crippen LogP contribution in [0.3, 0.4) is 0 Å². The van der Waals surface area contributed by atoms with Crippen molar-refractivity contribution < 1.29 is 22.5 Å². The predicted molar refractivity (Wildman–Crippen MR) is 86.6 cm³/mol. The molecule has 2 atom stereocenters. The number of ether oxygens (including phenoxy) is 1. The first-order valence-electron chi connectivity index (χ1n) is 6.95. The summed E-state index contributed by atoms with van der Waals surface area (Å²) in [7, 11) is 2.90. The Morgan fingerprint density at radius 2 is 1.83 bits per heavy atom.